The van der Waals surface area contributed by atoms with Crippen molar-refractivity contribution in [3.05, 3.63) is 24.3 Å². The molecule has 0 radical (unpaired) electrons. The van der Waals surface area contributed by atoms with Gasteiger partial charge in [0.2, 0.25) is 11.8 Å². The molecule has 0 aromatic heterocycles. The Morgan fingerprint density at radius 2 is 1.94 bits per heavy atom. The largest absolute Gasteiger partial charge is 0.465 e. The monoisotopic (exact) mass is 462 g/mol. The van der Waals surface area contributed by atoms with Gasteiger partial charge in [-0.1, -0.05) is 24.3 Å². The quantitative estimate of drug-likeness (QED) is 0.509. The van der Waals surface area contributed by atoms with E-state index >= 15 is 0 Å². The number of likely N-dealkylation sites (tertiary alicyclic amines) is 1. The summed E-state index contributed by atoms with van der Waals surface area (Å²) in [5.74, 6) is -1.97. The molecule has 2 amide bonds. The summed E-state index contributed by atoms with van der Waals surface area (Å²) in [5, 5.41) is 9.43. The number of hydrogen-bond acceptors (Lipinski definition) is 6. The van der Waals surface area contributed by atoms with Gasteiger partial charge in [0.05, 0.1) is 23.2 Å². The number of cyclic esters (lactones) is 1. The maximum Gasteiger partial charge on any atom is 0.311 e. The zero-order valence-corrected chi connectivity index (χ0v) is 20.0. The number of carbonyl (C=O) groups excluding carboxylic acids is 3. The van der Waals surface area contributed by atoms with Gasteiger partial charge < -0.3 is 19.6 Å². The van der Waals surface area contributed by atoms with Crippen LogP contribution in [0.4, 0.5) is 0 Å². The Morgan fingerprint density at radius 1 is 1.16 bits per heavy atom. The molecular weight excluding hydrogens is 428 g/mol. The van der Waals surface area contributed by atoms with E-state index in [0.717, 1.165) is 19.3 Å². The van der Waals surface area contributed by atoms with Crippen LogP contribution in [0.2, 0.25) is 0 Å². The highest BCUT2D eigenvalue weighted by atomic mass is 32.2. The zero-order valence-electron chi connectivity index (χ0n) is 19.2. The predicted molar refractivity (Wildman–Crippen MR) is 123 cm³/mol. The summed E-state index contributed by atoms with van der Waals surface area (Å²) < 4.78 is 4.16. The summed E-state index contributed by atoms with van der Waals surface area (Å²) in [5.41, 5.74) is 0. The van der Waals surface area contributed by atoms with E-state index in [4.69, 9.17) is 4.74 Å². The number of fused-ring (bicyclic) bond motifs is 2. The molecule has 1 unspecified atom stereocenters. The van der Waals surface area contributed by atoms with E-state index in [-0.39, 0.29) is 30.4 Å². The number of rotatable bonds is 4. The summed E-state index contributed by atoms with van der Waals surface area (Å²) in [7, 11) is 0. The Hall–Kier alpha value is -1.80. The van der Waals surface area contributed by atoms with E-state index in [9.17, 15) is 19.5 Å². The minimum absolute atomic E-state index is 0.0105. The topological polar surface area (TPSA) is 87.2 Å². The first kappa shape index (κ1) is 23.4. The summed E-state index contributed by atoms with van der Waals surface area (Å²) in [6.07, 6.45) is 11.2. The third-order valence-electron chi connectivity index (χ3n) is 7.21. The van der Waals surface area contributed by atoms with Crippen molar-refractivity contribution in [3.8, 4) is 0 Å². The molecule has 1 spiro atoms. The molecule has 32 heavy (non-hydrogen) atoms. The molecule has 2 fully saturated rings. The van der Waals surface area contributed by atoms with Gasteiger partial charge in [-0.3, -0.25) is 14.4 Å². The van der Waals surface area contributed by atoms with E-state index < -0.39 is 27.4 Å². The van der Waals surface area contributed by atoms with Crippen molar-refractivity contribution in [1.29, 1.82) is 0 Å². The zero-order chi connectivity index (χ0) is 23.1. The molecule has 7 nitrogen and oxygen atoms in total. The molecule has 0 aromatic rings. The van der Waals surface area contributed by atoms with Crippen LogP contribution in [0.5, 0.6) is 0 Å². The molecule has 5 atom stereocenters. The molecule has 8 heteroatoms. The minimum Gasteiger partial charge on any atom is -0.465 e. The van der Waals surface area contributed by atoms with Gasteiger partial charge in [0.1, 0.15) is 6.04 Å². The van der Waals surface area contributed by atoms with Gasteiger partial charge in [0, 0.05) is 30.5 Å². The number of ether oxygens (including phenoxy) is 1. The standard InChI is InChI=1S/C24H34N2O5S/c1-16(2)25-12-8-11-24-17(20(28)26(13-9-14-27)19(24)21(25)29)18-22(30)31-15-7-5-4-6-10-23(18,3)32-24/h6,8,10-11,16-19,27H,4-5,7,9,12-15H2,1-3H3/b10-6-/t17-,18+,19?,23-,24-/m0/s1. The normalized spacial score (nSPS) is 38.3. The van der Waals surface area contributed by atoms with Crippen LogP contribution in [-0.4, -0.2) is 80.6 Å². The number of aliphatic hydroxyl groups excluding tert-OH is 1. The van der Waals surface area contributed by atoms with Crippen molar-refractivity contribution >= 4 is 29.5 Å². The second kappa shape index (κ2) is 8.86. The molecule has 4 aliphatic rings. The van der Waals surface area contributed by atoms with Gasteiger partial charge in [-0.05, 0) is 46.5 Å². The Morgan fingerprint density at radius 3 is 2.66 bits per heavy atom. The number of thioether (sulfide) groups is 1. The second-order valence-electron chi connectivity index (χ2n) is 9.66. The summed E-state index contributed by atoms with van der Waals surface area (Å²) in [4.78, 5) is 44.5. The molecule has 0 saturated carbocycles. The molecule has 0 aliphatic carbocycles. The van der Waals surface area contributed by atoms with Gasteiger partial charge in [0.15, 0.2) is 0 Å². The maximum atomic E-state index is 13.9. The average molecular weight is 463 g/mol. The molecule has 4 heterocycles. The fourth-order valence-corrected chi connectivity index (χ4v) is 7.91. The third kappa shape index (κ3) is 3.59. The van der Waals surface area contributed by atoms with Crippen LogP contribution in [-0.2, 0) is 19.1 Å². The van der Waals surface area contributed by atoms with E-state index in [0.29, 0.717) is 26.1 Å². The second-order valence-corrected chi connectivity index (χ2v) is 11.4. The van der Waals surface area contributed by atoms with Crippen molar-refractivity contribution < 1.29 is 24.2 Å². The number of carbonyl (C=O) groups is 3. The smallest absolute Gasteiger partial charge is 0.311 e. The number of nitrogens with zero attached hydrogens (tertiary/aromatic N) is 2. The van der Waals surface area contributed by atoms with Crippen LogP contribution in [0.3, 0.4) is 0 Å². The Kier molecular flexibility index (Phi) is 6.47. The van der Waals surface area contributed by atoms with Crippen LogP contribution >= 0.6 is 11.8 Å². The third-order valence-corrected chi connectivity index (χ3v) is 9.01. The maximum absolute atomic E-state index is 13.9. The van der Waals surface area contributed by atoms with Crippen molar-refractivity contribution in [1.82, 2.24) is 9.80 Å². The van der Waals surface area contributed by atoms with E-state index in [2.05, 4.69) is 12.2 Å². The van der Waals surface area contributed by atoms with Crippen molar-refractivity contribution in [2.45, 2.75) is 68.0 Å². The van der Waals surface area contributed by atoms with Crippen molar-refractivity contribution in [2.75, 3.05) is 26.3 Å². The lowest BCUT2D eigenvalue weighted by Gasteiger charge is -2.37. The highest BCUT2D eigenvalue weighted by molar-refractivity contribution is 8.02. The van der Waals surface area contributed by atoms with Crippen molar-refractivity contribution in [2.24, 2.45) is 11.8 Å². The van der Waals surface area contributed by atoms with Crippen LogP contribution < -0.4 is 0 Å². The molecule has 176 valence electrons. The van der Waals surface area contributed by atoms with Gasteiger partial charge >= 0.3 is 5.97 Å². The number of allylic oxidation sites excluding steroid dienone is 1. The lowest BCUT2D eigenvalue weighted by molar-refractivity contribution is -0.154. The molecule has 1 N–H and O–H groups in total. The summed E-state index contributed by atoms with van der Waals surface area (Å²) >= 11 is 1.57. The molecular formula is C24H34N2O5S. The van der Waals surface area contributed by atoms with Crippen LogP contribution in [0.15, 0.2) is 24.3 Å². The Bertz CT molecular complexity index is 842. The molecule has 0 bridgehead atoms. The number of esters is 1. The highest BCUT2D eigenvalue weighted by Crippen LogP contribution is 2.65. The Balaban J connectivity index is 1.85. The molecule has 2 saturated heterocycles. The first-order valence-corrected chi connectivity index (χ1v) is 12.5. The lowest BCUT2D eigenvalue weighted by atomic mass is 9.74. The highest BCUT2D eigenvalue weighted by Gasteiger charge is 2.73. The average Bonchev–Trinajstić information content (AvgIpc) is 3.06. The van der Waals surface area contributed by atoms with Gasteiger partial charge in [-0.15, -0.1) is 11.8 Å². The number of hydrogen-bond donors (Lipinski definition) is 1. The minimum atomic E-state index is -0.843. The first-order valence-electron chi connectivity index (χ1n) is 11.7. The SMILES string of the molecule is CC(C)N1CC=C[C@]23S[C@@]4(C)/C=C\CCCCOC(=O)[C@H]4[C@H]2C(=O)N(CCCO)C3C1=O. The molecule has 4 rings (SSSR count). The predicted octanol–water partition coefficient (Wildman–Crippen LogP) is 2.15. The van der Waals surface area contributed by atoms with Crippen LogP contribution in [0.1, 0.15) is 46.5 Å². The van der Waals surface area contributed by atoms with Gasteiger partial charge in [0.25, 0.3) is 0 Å². The van der Waals surface area contributed by atoms with E-state index in [1.165, 1.54) is 0 Å². The first-order chi connectivity index (χ1) is 15.3. The van der Waals surface area contributed by atoms with Gasteiger partial charge in [-0.2, -0.15) is 0 Å². The van der Waals surface area contributed by atoms with Crippen molar-refractivity contribution in [3.63, 3.8) is 0 Å². The van der Waals surface area contributed by atoms with Gasteiger partial charge in [-0.25, -0.2) is 0 Å². The molecule has 0 aromatic carbocycles. The number of aliphatic hydroxyl groups is 1. The van der Waals surface area contributed by atoms with E-state index in [1.807, 2.05) is 32.9 Å². The fraction of sp³-hybridized carbons (Fsp3) is 0.708. The summed E-state index contributed by atoms with van der Waals surface area (Å²) in [6, 6.07) is -0.711. The van der Waals surface area contributed by atoms with Crippen LogP contribution in [0.25, 0.3) is 0 Å². The molecule has 4 aliphatic heterocycles. The fourth-order valence-electron chi connectivity index (χ4n) is 5.76. The Labute approximate surface area is 194 Å². The van der Waals surface area contributed by atoms with Crippen LogP contribution in [0, 0.1) is 11.8 Å². The number of amides is 2. The van der Waals surface area contributed by atoms with E-state index in [1.54, 1.807) is 21.6 Å². The lowest BCUT2D eigenvalue weighted by Crippen LogP contribution is -2.54. The summed E-state index contributed by atoms with van der Waals surface area (Å²) in [6.45, 7) is 7.00.